The fourth-order valence-corrected chi connectivity index (χ4v) is 3.06. The van der Waals surface area contributed by atoms with Gasteiger partial charge in [0.15, 0.2) is 5.03 Å². The summed E-state index contributed by atoms with van der Waals surface area (Å²) < 4.78 is 28.2. The average Bonchev–Trinajstić information content (AvgIpc) is 2.86. The van der Waals surface area contributed by atoms with Crippen molar-refractivity contribution in [3.63, 3.8) is 0 Å². The smallest absolute Gasteiger partial charge is 0.259 e. The molecule has 2 N–H and O–H groups in total. The fourth-order valence-electron chi connectivity index (χ4n) is 1.85. The van der Waals surface area contributed by atoms with Crippen LogP contribution >= 0.6 is 0 Å². The maximum absolute atomic E-state index is 12.1. The molecule has 0 saturated heterocycles. The summed E-state index contributed by atoms with van der Waals surface area (Å²) in [7, 11) is -2.02. The van der Waals surface area contributed by atoms with Crippen LogP contribution in [0.2, 0.25) is 0 Å². The zero-order valence-corrected chi connectivity index (χ0v) is 11.9. The Morgan fingerprint density at radius 1 is 1.35 bits per heavy atom. The highest BCUT2D eigenvalue weighted by Crippen LogP contribution is 2.08. The van der Waals surface area contributed by atoms with Crippen LogP contribution in [0.3, 0.4) is 0 Å². The molecule has 1 atom stereocenters. The molecule has 0 fully saturated rings. The van der Waals surface area contributed by atoms with Crippen LogP contribution in [0.15, 0.2) is 47.9 Å². The van der Waals surface area contributed by atoms with Gasteiger partial charge >= 0.3 is 0 Å². The van der Waals surface area contributed by atoms with Crippen molar-refractivity contribution in [3.05, 3.63) is 48.4 Å². The van der Waals surface area contributed by atoms with E-state index in [0.717, 1.165) is 5.56 Å². The van der Waals surface area contributed by atoms with Gasteiger partial charge < -0.3 is 9.67 Å². The lowest BCUT2D eigenvalue weighted by molar-refractivity contribution is 0.256. The molecule has 2 rings (SSSR count). The largest absolute Gasteiger partial charge is 0.395 e. The quantitative estimate of drug-likeness (QED) is 0.803. The first kappa shape index (κ1) is 14.7. The van der Waals surface area contributed by atoms with Crippen molar-refractivity contribution in [3.8, 4) is 0 Å². The van der Waals surface area contributed by atoms with Crippen molar-refractivity contribution in [2.24, 2.45) is 7.05 Å². The van der Waals surface area contributed by atoms with Crippen molar-refractivity contribution < 1.29 is 13.5 Å². The Kier molecular flexibility index (Phi) is 4.53. The van der Waals surface area contributed by atoms with Crippen molar-refractivity contribution >= 4 is 10.0 Å². The molecule has 0 aliphatic rings. The molecule has 1 heterocycles. The number of aromatic nitrogens is 2. The summed E-state index contributed by atoms with van der Waals surface area (Å²) >= 11 is 0. The van der Waals surface area contributed by atoms with E-state index in [1.165, 1.54) is 12.5 Å². The maximum atomic E-state index is 12.1. The third-order valence-corrected chi connectivity index (χ3v) is 4.23. The number of aliphatic hydroxyl groups is 1. The molecule has 7 heteroatoms. The summed E-state index contributed by atoms with van der Waals surface area (Å²) in [5.74, 6) is 0. The van der Waals surface area contributed by atoms with Crippen molar-refractivity contribution in [2.75, 3.05) is 6.61 Å². The Labute approximate surface area is 118 Å². The summed E-state index contributed by atoms with van der Waals surface area (Å²) in [5.41, 5.74) is 0.954. The first-order valence-electron chi connectivity index (χ1n) is 6.16. The van der Waals surface area contributed by atoms with Crippen LogP contribution in [-0.2, 0) is 23.5 Å². The summed E-state index contributed by atoms with van der Waals surface area (Å²) in [6.07, 6.45) is 3.25. The summed E-state index contributed by atoms with van der Waals surface area (Å²) in [6.45, 7) is -0.277. The predicted octanol–water partition coefficient (Wildman–Crippen LogP) is 0.302. The molecule has 0 unspecified atom stereocenters. The highest BCUT2D eigenvalue weighted by molar-refractivity contribution is 7.89. The minimum absolute atomic E-state index is 0.0495. The lowest BCUT2D eigenvalue weighted by Gasteiger charge is -2.15. The van der Waals surface area contributed by atoms with Crippen LogP contribution in [0.4, 0.5) is 0 Å². The molecular formula is C13H17N3O3S. The van der Waals surface area contributed by atoms with E-state index in [-0.39, 0.29) is 11.6 Å². The minimum atomic E-state index is -3.71. The average molecular weight is 295 g/mol. The third kappa shape index (κ3) is 3.66. The van der Waals surface area contributed by atoms with Crippen LogP contribution in [0.1, 0.15) is 5.56 Å². The van der Waals surface area contributed by atoms with E-state index in [4.69, 9.17) is 0 Å². The predicted molar refractivity (Wildman–Crippen MR) is 74.5 cm³/mol. The van der Waals surface area contributed by atoms with Gasteiger partial charge in [-0.15, -0.1) is 0 Å². The molecule has 2 aromatic rings. The topological polar surface area (TPSA) is 84.2 Å². The number of imidazole rings is 1. The number of nitrogens with one attached hydrogen (secondary N) is 1. The number of aliphatic hydroxyl groups excluding tert-OH is 1. The van der Waals surface area contributed by atoms with E-state index in [2.05, 4.69) is 9.71 Å². The van der Waals surface area contributed by atoms with Crippen molar-refractivity contribution in [1.29, 1.82) is 0 Å². The lowest BCUT2D eigenvalue weighted by atomic mass is 10.1. The maximum Gasteiger partial charge on any atom is 0.259 e. The molecule has 0 bridgehead atoms. The highest BCUT2D eigenvalue weighted by atomic mass is 32.2. The van der Waals surface area contributed by atoms with Gasteiger partial charge in [-0.2, -0.15) is 0 Å². The first-order valence-corrected chi connectivity index (χ1v) is 7.64. The molecule has 0 saturated carbocycles. The van der Waals surface area contributed by atoms with Gasteiger partial charge in [0.05, 0.1) is 12.9 Å². The van der Waals surface area contributed by atoms with Gasteiger partial charge in [0.2, 0.25) is 0 Å². The standard InChI is InChI=1S/C13H17N3O3S/c1-16-8-13(14-10-16)20(18,19)15-12(9-17)7-11-5-3-2-4-6-11/h2-6,8,10,12,15,17H,7,9H2,1H3/t12-/m0/s1. The van der Waals surface area contributed by atoms with Crippen LogP contribution < -0.4 is 4.72 Å². The molecule has 108 valence electrons. The van der Waals surface area contributed by atoms with Crippen LogP contribution in [-0.4, -0.2) is 35.7 Å². The second kappa shape index (κ2) is 6.17. The normalized spacial score (nSPS) is 13.3. The second-order valence-corrected chi connectivity index (χ2v) is 6.23. The van der Waals surface area contributed by atoms with Gasteiger partial charge in [-0.25, -0.2) is 18.1 Å². The number of aryl methyl sites for hydroxylation is 1. The van der Waals surface area contributed by atoms with Gasteiger partial charge in [0, 0.05) is 19.3 Å². The number of hydrogen-bond acceptors (Lipinski definition) is 4. The molecule has 6 nitrogen and oxygen atoms in total. The Morgan fingerprint density at radius 3 is 2.60 bits per heavy atom. The molecule has 20 heavy (non-hydrogen) atoms. The summed E-state index contributed by atoms with van der Waals surface area (Å²) in [6, 6.07) is 8.82. The van der Waals surface area contributed by atoms with E-state index in [1.807, 2.05) is 30.3 Å². The lowest BCUT2D eigenvalue weighted by Crippen LogP contribution is -2.39. The zero-order valence-electron chi connectivity index (χ0n) is 11.1. The van der Waals surface area contributed by atoms with Crippen molar-refractivity contribution in [1.82, 2.24) is 14.3 Å². The summed E-state index contributed by atoms with van der Waals surface area (Å²) in [4.78, 5) is 3.81. The molecule has 0 amide bonds. The molecule has 0 spiro atoms. The Balaban J connectivity index is 2.10. The van der Waals surface area contributed by atoms with Crippen LogP contribution in [0.5, 0.6) is 0 Å². The van der Waals surface area contributed by atoms with E-state index >= 15 is 0 Å². The second-order valence-electron chi connectivity index (χ2n) is 4.57. The zero-order chi connectivity index (χ0) is 14.6. The van der Waals surface area contributed by atoms with Gasteiger partial charge in [0.25, 0.3) is 10.0 Å². The summed E-state index contributed by atoms with van der Waals surface area (Å²) in [5, 5.41) is 9.30. The molecule has 1 aromatic carbocycles. The molecule has 0 radical (unpaired) electrons. The number of sulfonamides is 1. The Bertz CT molecular complexity index is 653. The SMILES string of the molecule is Cn1cnc(S(=O)(=O)N[C@H](CO)Cc2ccccc2)c1. The van der Waals surface area contributed by atoms with Gasteiger partial charge in [-0.1, -0.05) is 30.3 Å². The minimum Gasteiger partial charge on any atom is -0.395 e. The number of nitrogens with zero attached hydrogens (tertiary/aromatic N) is 2. The van der Waals surface area contributed by atoms with E-state index in [0.29, 0.717) is 6.42 Å². The Hall–Kier alpha value is -1.70. The fraction of sp³-hybridized carbons (Fsp3) is 0.308. The number of benzene rings is 1. The number of hydrogen-bond donors (Lipinski definition) is 2. The molecule has 0 aliphatic carbocycles. The van der Waals surface area contributed by atoms with E-state index in [1.54, 1.807) is 11.6 Å². The van der Waals surface area contributed by atoms with Crippen LogP contribution in [0, 0.1) is 0 Å². The van der Waals surface area contributed by atoms with Crippen LogP contribution in [0.25, 0.3) is 0 Å². The number of rotatable bonds is 6. The third-order valence-electron chi connectivity index (χ3n) is 2.82. The van der Waals surface area contributed by atoms with Gasteiger partial charge in [0.1, 0.15) is 0 Å². The monoisotopic (exact) mass is 295 g/mol. The van der Waals surface area contributed by atoms with Gasteiger partial charge in [-0.05, 0) is 12.0 Å². The van der Waals surface area contributed by atoms with Gasteiger partial charge in [-0.3, -0.25) is 0 Å². The van der Waals surface area contributed by atoms with E-state index < -0.39 is 16.1 Å². The Morgan fingerprint density at radius 2 is 2.05 bits per heavy atom. The molecular weight excluding hydrogens is 278 g/mol. The first-order chi connectivity index (χ1) is 9.51. The molecule has 1 aromatic heterocycles. The highest BCUT2D eigenvalue weighted by Gasteiger charge is 2.21. The molecule has 0 aliphatic heterocycles. The van der Waals surface area contributed by atoms with E-state index in [9.17, 15) is 13.5 Å². The van der Waals surface area contributed by atoms with Crippen molar-refractivity contribution in [2.45, 2.75) is 17.5 Å².